The summed E-state index contributed by atoms with van der Waals surface area (Å²) < 4.78 is 17.1. The SMILES string of the molecule is CCOc1ccc2c(c1)N(C1CCC1)C(c1ccc(NC(=O)OC(C)C)cc1)C2c1nc(C)co1. The second-order valence-electron chi connectivity index (χ2n) is 9.60. The van der Waals surface area contributed by atoms with E-state index in [4.69, 9.17) is 18.9 Å². The molecule has 1 aliphatic heterocycles. The highest BCUT2D eigenvalue weighted by molar-refractivity contribution is 5.84. The topological polar surface area (TPSA) is 76.8 Å². The quantitative estimate of drug-likeness (QED) is 0.416. The zero-order chi connectivity index (χ0) is 24.5. The van der Waals surface area contributed by atoms with Gasteiger partial charge in [0.15, 0.2) is 0 Å². The van der Waals surface area contributed by atoms with Crippen LogP contribution in [-0.4, -0.2) is 29.8 Å². The maximum Gasteiger partial charge on any atom is 0.411 e. The van der Waals surface area contributed by atoms with Crippen LogP contribution in [0.15, 0.2) is 53.1 Å². The van der Waals surface area contributed by atoms with Gasteiger partial charge in [-0.25, -0.2) is 9.78 Å². The lowest BCUT2D eigenvalue weighted by Crippen LogP contribution is -2.41. The summed E-state index contributed by atoms with van der Waals surface area (Å²) in [7, 11) is 0. The van der Waals surface area contributed by atoms with Gasteiger partial charge in [0.05, 0.1) is 30.4 Å². The highest BCUT2D eigenvalue weighted by Gasteiger charge is 2.46. The molecule has 35 heavy (non-hydrogen) atoms. The number of hydrogen-bond acceptors (Lipinski definition) is 6. The van der Waals surface area contributed by atoms with Gasteiger partial charge in [-0.15, -0.1) is 0 Å². The van der Waals surface area contributed by atoms with Crippen molar-refractivity contribution in [2.75, 3.05) is 16.8 Å². The van der Waals surface area contributed by atoms with E-state index in [1.54, 1.807) is 6.26 Å². The first kappa shape index (κ1) is 23.3. The van der Waals surface area contributed by atoms with Crippen LogP contribution in [-0.2, 0) is 4.74 Å². The molecule has 2 heterocycles. The second-order valence-corrected chi connectivity index (χ2v) is 9.60. The van der Waals surface area contributed by atoms with Gasteiger partial charge in [-0.1, -0.05) is 18.2 Å². The summed E-state index contributed by atoms with van der Waals surface area (Å²) in [5.74, 6) is 1.56. The number of anilines is 2. The molecule has 1 aliphatic carbocycles. The molecule has 0 spiro atoms. The average Bonchev–Trinajstić information content (AvgIpc) is 3.34. The van der Waals surface area contributed by atoms with E-state index in [1.165, 1.54) is 17.7 Å². The number of fused-ring (bicyclic) bond motifs is 1. The van der Waals surface area contributed by atoms with Crippen LogP contribution in [0.3, 0.4) is 0 Å². The van der Waals surface area contributed by atoms with Gasteiger partial charge in [-0.3, -0.25) is 5.32 Å². The van der Waals surface area contributed by atoms with Gasteiger partial charge < -0.3 is 18.8 Å². The lowest BCUT2D eigenvalue weighted by Gasteiger charge is -2.42. The number of ether oxygens (including phenoxy) is 2. The number of rotatable bonds is 7. The largest absolute Gasteiger partial charge is 0.494 e. The van der Waals surface area contributed by atoms with Gasteiger partial charge in [-0.05, 0) is 76.3 Å². The number of benzene rings is 2. The number of carbonyl (C=O) groups excluding carboxylic acids is 1. The van der Waals surface area contributed by atoms with E-state index in [-0.39, 0.29) is 18.1 Å². The van der Waals surface area contributed by atoms with Crippen molar-refractivity contribution in [3.8, 4) is 5.75 Å². The molecule has 1 amide bonds. The number of amides is 1. The van der Waals surface area contributed by atoms with Crippen LogP contribution in [0, 0.1) is 6.92 Å². The second kappa shape index (κ2) is 9.64. The fourth-order valence-electron chi connectivity index (χ4n) is 5.10. The molecule has 3 aromatic rings. The van der Waals surface area contributed by atoms with E-state index in [0.717, 1.165) is 35.7 Å². The standard InChI is InChI=1S/C28H33N3O4/c1-5-33-22-13-14-23-24(15-22)31(21-7-6-8-21)26(25(23)27-29-18(4)16-34-27)19-9-11-20(12-10-19)30-28(32)35-17(2)3/h9-17,21,25-26H,5-8H2,1-4H3,(H,30,32). The highest BCUT2D eigenvalue weighted by atomic mass is 16.6. The van der Waals surface area contributed by atoms with Crippen molar-refractivity contribution >= 4 is 17.5 Å². The number of hydrogen-bond donors (Lipinski definition) is 1. The van der Waals surface area contributed by atoms with E-state index in [1.807, 2.05) is 45.9 Å². The molecule has 1 saturated carbocycles. The molecule has 2 aliphatic rings. The number of carbonyl (C=O) groups is 1. The third-order valence-electron chi connectivity index (χ3n) is 6.75. The van der Waals surface area contributed by atoms with Gasteiger partial charge in [0.25, 0.3) is 0 Å². The molecule has 184 valence electrons. The molecule has 0 bridgehead atoms. The maximum absolute atomic E-state index is 12.1. The lowest BCUT2D eigenvalue weighted by molar-refractivity contribution is 0.130. The van der Waals surface area contributed by atoms with Gasteiger partial charge in [0.2, 0.25) is 5.89 Å². The Hall–Kier alpha value is -3.48. The molecule has 5 rings (SSSR count). The monoisotopic (exact) mass is 475 g/mol. The summed E-state index contributed by atoms with van der Waals surface area (Å²) in [5, 5.41) is 2.81. The number of aromatic nitrogens is 1. The van der Waals surface area contributed by atoms with Gasteiger partial charge >= 0.3 is 6.09 Å². The minimum Gasteiger partial charge on any atom is -0.494 e. The Morgan fingerprint density at radius 1 is 1.20 bits per heavy atom. The first-order chi connectivity index (χ1) is 16.9. The summed E-state index contributed by atoms with van der Waals surface area (Å²) in [6.45, 7) is 8.25. The van der Waals surface area contributed by atoms with Crippen LogP contribution in [0.2, 0.25) is 0 Å². The Morgan fingerprint density at radius 2 is 1.97 bits per heavy atom. The van der Waals surface area contributed by atoms with Gasteiger partial charge in [0.1, 0.15) is 12.0 Å². The van der Waals surface area contributed by atoms with Gasteiger partial charge in [-0.2, -0.15) is 0 Å². The van der Waals surface area contributed by atoms with Crippen LogP contribution in [0.4, 0.5) is 16.2 Å². The smallest absolute Gasteiger partial charge is 0.411 e. The Labute approximate surface area is 206 Å². The van der Waals surface area contributed by atoms with Crippen LogP contribution in [0.1, 0.15) is 74.7 Å². The van der Waals surface area contributed by atoms with E-state index >= 15 is 0 Å². The number of nitrogens with zero attached hydrogens (tertiary/aromatic N) is 2. The Bertz CT molecular complexity index is 1180. The normalized spacial score (nSPS) is 19.4. The predicted molar refractivity (Wildman–Crippen MR) is 135 cm³/mol. The molecular weight excluding hydrogens is 442 g/mol. The van der Waals surface area contributed by atoms with Crippen molar-refractivity contribution in [2.24, 2.45) is 0 Å². The third kappa shape index (κ3) is 4.59. The van der Waals surface area contributed by atoms with Crippen molar-refractivity contribution in [1.82, 2.24) is 4.98 Å². The number of oxazole rings is 1. The van der Waals surface area contributed by atoms with Crippen LogP contribution >= 0.6 is 0 Å². The van der Waals surface area contributed by atoms with Crippen molar-refractivity contribution in [3.63, 3.8) is 0 Å². The minimum absolute atomic E-state index is 0.0295. The van der Waals surface area contributed by atoms with Crippen molar-refractivity contribution in [3.05, 3.63) is 71.4 Å². The van der Waals surface area contributed by atoms with Crippen molar-refractivity contribution in [1.29, 1.82) is 0 Å². The number of nitrogens with one attached hydrogen (secondary N) is 1. The molecule has 2 unspecified atom stereocenters. The summed E-state index contributed by atoms with van der Waals surface area (Å²) in [4.78, 5) is 19.3. The zero-order valence-corrected chi connectivity index (χ0v) is 20.8. The molecular formula is C28H33N3O4. The summed E-state index contributed by atoms with van der Waals surface area (Å²) in [5.41, 5.74) is 5.11. The molecule has 1 N–H and O–H groups in total. The first-order valence-corrected chi connectivity index (χ1v) is 12.5. The van der Waals surface area contributed by atoms with Crippen LogP contribution in [0.25, 0.3) is 0 Å². The summed E-state index contributed by atoms with van der Waals surface area (Å²) >= 11 is 0. The molecule has 1 aromatic heterocycles. The molecule has 2 aromatic carbocycles. The van der Waals surface area contributed by atoms with E-state index in [9.17, 15) is 4.79 Å². The Balaban J connectivity index is 1.54. The van der Waals surface area contributed by atoms with Crippen molar-refractivity contribution < 1.29 is 18.7 Å². The van der Waals surface area contributed by atoms with Crippen molar-refractivity contribution in [2.45, 2.75) is 71.1 Å². The van der Waals surface area contributed by atoms with Gasteiger partial charge in [0, 0.05) is 23.5 Å². The maximum atomic E-state index is 12.1. The third-order valence-corrected chi connectivity index (χ3v) is 6.75. The van der Waals surface area contributed by atoms with E-state index in [2.05, 4.69) is 34.5 Å². The minimum atomic E-state index is -0.450. The highest BCUT2D eigenvalue weighted by Crippen LogP contribution is 2.55. The van der Waals surface area contributed by atoms with Crippen LogP contribution in [0.5, 0.6) is 5.75 Å². The molecule has 0 radical (unpaired) electrons. The summed E-state index contributed by atoms with van der Waals surface area (Å²) in [6.07, 6.45) is 4.65. The fourth-order valence-corrected chi connectivity index (χ4v) is 5.10. The lowest BCUT2D eigenvalue weighted by atomic mass is 9.86. The molecule has 0 saturated heterocycles. The average molecular weight is 476 g/mol. The molecule has 1 fully saturated rings. The first-order valence-electron chi connectivity index (χ1n) is 12.5. The van der Waals surface area contributed by atoms with E-state index in [0.29, 0.717) is 18.3 Å². The fraction of sp³-hybridized carbons (Fsp3) is 0.429. The summed E-state index contributed by atoms with van der Waals surface area (Å²) in [6, 6.07) is 14.9. The Kier molecular flexibility index (Phi) is 6.41. The number of aryl methyl sites for hydroxylation is 1. The molecule has 2 atom stereocenters. The van der Waals surface area contributed by atoms with Crippen LogP contribution < -0.4 is 15.0 Å². The zero-order valence-electron chi connectivity index (χ0n) is 20.8. The molecule has 7 nitrogen and oxygen atoms in total. The predicted octanol–water partition coefficient (Wildman–Crippen LogP) is 6.58. The van der Waals surface area contributed by atoms with E-state index < -0.39 is 6.09 Å². The molecule has 7 heteroatoms. The Morgan fingerprint density at radius 3 is 2.57 bits per heavy atom.